The molecule has 4 rings (SSSR count). The van der Waals surface area contributed by atoms with Gasteiger partial charge in [-0.2, -0.15) is 0 Å². The Morgan fingerprint density at radius 2 is 1.81 bits per heavy atom. The lowest BCUT2D eigenvalue weighted by Gasteiger charge is -2.07. The molecule has 0 atom stereocenters. The van der Waals surface area contributed by atoms with Crippen LogP contribution in [-0.4, -0.2) is 17.0 Å². The van der Waals surface area contributed by atoms with E-state index < -0.39 is 0 Å². The minimum absolute atomic E-state index is 1.04. The van der Waals surface area contributed by atoms with Gasteiger partial charge in [0.1, 0.15) is 0 Å². The molecule has 0 radical (unpaired) electrons. The van der Waals surface area contributed by atoms with Gasteiger partial charge >= 0.3 is 0 Å². The van der Waals surface area contributed by atoms with Gasteiger partial charge in [-0.25, -0.2) is 0 Å². The van der Waals surface area contributed by atoms with Crippen LogP contribution in [0.15, 0.2) is 64.5 Å². The van der Waals surface area contributed by atoms with Gasteiger partial charge in [0.2, 0.25) is 0 Å². The summed E-state index contributed by atoms with van der Waals surface area (Å²) in [6, 6.07) is 18.5. The average molecular weight is 290 g/mol. The molecule has 0 fully saturated rings. The van der Waals surface area contributed by atoms with Crippen LogP contribution in [0.1, 0.15) is 11.3 Å². The van der Waals surface area contributed by atoms with E-state index in [4.69, 9.17) is 9.98 Å². The van der Waals surface area contributed by atoms with Crippen LogP contribution < -0.4 is 0 Å². The van der Waals surface area contributed by atoms with Crippen molar-refractivity contribution in [2.75, 3.05) is 5.75 Å². The Morgan fingerprint density at radius 1 is 1.00 bits per heavy atom. The van der Waals surface area contributed by atoms with Crippen molar-refractivity contribution in [3.63, 3.8) is 0 Å². The Kier molecular flexibility index (Phi) is 3.20. The van der Waals surface area contributed by atoms with Crippen molar-refractivity contribution in [3.05, 3.63) is 65.9 Å². The van der Waals surface area contributed by atoms with Crippen LogP contribution in [0.2, 0.25) is 0 Å². The van der Waals surface area contributed by atoms with Crippen LogP contribution in [0.25, 0.3) is 10.9 Å². The fourth-order valence-electron chi connectivity index (χ4n) is 2.60. The van der Waals surface area contributed by atoms with E-state index in [1.54, 1.807) is 0 Å². The molecular weight excluding hydrogens is 276 g/mol. The molecule has 0 bridgehead atoms. The zero-order valence-electron chi connectivity index (χ0n) is 11.5. The molecular formula is C18H14N2S. The fourth-order valence-corrected chi connectivity index (χ4v) is 3.72. The molecule has 2 nitrogen and oxygen atoms in total. The van der Waals surface area contributed by atoms with Gasteiger partial charge in [0, 0.05) is 23.8 Å². The molecule has 0 unspecified atom stereocenters. The molecule has 0 saturated carbocycles. The smallest absolute Gasteiger partial charge is 0.0878 e. The lowest BCUT2D eigenvalue weighted by molar-refractivity contribution is 1.05. The number of hydrogen-bond donors (Lipinski definition) is 0. The number of aliphatic imine (C=N–C) groups is 1. The van der Waals surface area contributed by atoms with E-state index in [2.05, 4.69) is 30.3 Å². The number of aryl methyl sites for hydroxylation is 1. The van der Waals surface area contributed by atoms with Gasteiger partial charge in [0.25, 0.3) is 0 Å². The second-order valence-corrected chi connectivity index (χ2v) is 6.13. The number of rotatable bonds is 2. The summed E-state index contributed by atoms with van der Waals surface area (Å²) >= 11 is 1.87. The molecule has 102 valence electrons. The minimum Gasteiger partial charge on any atom is -0.254 e. The maximum absolute atomic E-state index is 4.79. The third-order valence-electron chi connectivity index (χ3n) is 3.62. The summed E-state index contributed by atoms with van der Waals surface area (Å²) in [5.41, 5.74) is 4.43. The zero-order chi connectivity index (χ0) is 14.1. The van der Waals surface area contributed by atoms with Gasteiger partial charge in [-0.1, -0.05) is 48.5 Å². The van der Waals surface area contributed by atoms with Gasteiger partial charge in [-0.3, -0.25) is 9.98 Å². The Balaban J connectivity index is 1.89. The molecule has 0 spiro atoms. The highest BCUT2D eigenvalue weighted by Crippen LogP contribution is 2.42. The topological polar surface area (TPSA) is 25.2 Å². The average Bonchev–Trinajstić information content (AvgIpc) is 3.00. The summed E-state index contributed by atoms with van der Waals surface area (Å²) in [6.45, 7) is 0. The third-order valence-corrected chi connectivity index (χ3v) is 4.75. The van der Waals surface area contributed by atoms with E-state index in [0.717, 1.165) is 34.3 Å². The maximum atomic E-state index is 4.79. The van der Waals surface area contributed by atoms with Crippen molar-refractivity contribution >= 4 is 34.6 Å². The predicted molar refractivity (Wildman–Crippen MR) is 89.9 cm³/mol. The fraction of sp³-hybridized carbons (Fsp3) is 0.111. The minimum atomic E-state index is 1.04. The molecule has 1 aliphatic heterocycles. The Bertz CT molecular complexity index is 825. The quantitative estimate of drug-likeness (QED) is 0.643. The van der Waals surface area contributed by atoms with Gasteiger partial charge in [-0.05, 0) is 11.6 Å². The molecule has 0 amide bonds. The Hall–Kier alpha value is -2.13. The van der Waals surface area contributed by atoms with E-state index >= 15 is 0 Å². The number of thioether (sulfide) groups is 1. The summed E-state index contributed by atoms with van der Waals surface area (Å²) < 4.78 is 0. The van der Waals surface area contributed by atoms with Crippen molar-refractivity contribution in [1.82, 2.24) is 4.98 Å². The first-order chi connectivity index (χ1) is 10.4. The first-order valence-corrected chi connectivity index (χ1v) is 8.04. The number of fused-ring (bicyclic) bond motifs is 2. The number of aromatic nitrogens is 1. The van der Waals surface area contributed by atoms with Gasteiger partial charge in [0.15, 0.2) is 0 Å². The van der Waals surface area contributed by atoms with Crippen LogP contribution in [0.5, 0.6) is 0 Å². The van der Waals surface area contributed by atoms with Crippen LogP contribution in [0, 0.1) is 0 Å². The van der Waals surface area contributed by atoms with E-state index in [1.807, 2.05) is 42.2 Å². The number of nitrogens with zero attached hydrogens (tertiary/aromatic N) is 2. The Morgan fingerprint density at radius 3 is 2.71 bits per heavy atom. The van der Waals surface area contributed by atoms with Crippen LogP contribution in [0.4, 0.5) is 5.69 Å². The van der Waals surface area contributed by atoms with Crippen LogP contribution in [-0.2, 0) is 6.42 Å². The lowest BCUT2D eigenvalue weighted by Crippen LogP contribution is -1.90. The predicted octanol–water partition coefficient (Wildman–Crippen LogP) is 4.63. The molecule has 2 aromatic carbocycles. The van der Waals surface area contributed by atoms with Crippen molar-refractivity contribution in [2.45, 2.75) is 11.3 Å². The summed E-state index contributed by atoms with van der Waals surface area (Å²) in [6.07, 6.45) is 2.99. The van der Waals surface area contributed by atoms with Crippen molar-refractivity contribution in [1.29, 1.82) is 0 Å². The standard InChI is InChI=1S/C18H14N2S/c1-2-6-13(7-3-1)12-19-17-14-8-4-5-9-15(14)20-16-10-11-21-18(16)17/h1-9,12H,10-11H2. The van der Waals surface area contributed by atoms with Gasteiger partial charge < -0.3 is 0 Å². The van der Waals surface area contributed by atoms with Gasteiger partial charge in [-0.15, -0.1) is 11.8 Å². The SMILES string of the molecule is C(=Nc1c2c(nc3ccccc13)CCS2)c1ccccc1. The van der Waals surface area contributed by atoms with E-state index in [1.165, 1.54) is 10.6 Å². The molecule has 0 N–H and O–H groups in total. The highest BCUT2D eigenvalue weighted by molar-refractivity contribution is 7.99. The van der Waals surface area contributed by atoms with Gasteiger partial charge in [0.05, 0.1) is 21.8 Å². The molecule has 0 saturated heterocycles. The molecule has 0 aliphatic carbocycles. The number of para-hydroxylation sites is 1. The van der Waals surface area contributed by atoms with Crippen molar-refractivity contribution in [2.24, 2.45) is 4.99 Å². The monoisotopic (exact) mass is 290 g/mol. The molecule has 3 heteroatoms. The van der Waals surface area contributed by atoms with Crippen molar-refractivity contribution < 1.29 is 0 Å². The number of hydrogen-bond acceptors (Lipinski definition) is 3. The van der Waals surface area contributed by atoms with E-state index in [0.29, 0.717) is 0 Å². The highest BCUT2D eigenvalue weighted by atomic mass is 32.2. The summed E-state index contributed by atoms with van der Waals surface area (Å²) in [5.74, 6) is 1.10. The largest absolute Gasteiger partial charge is 0.254 e. The van der Waals surface area contributed by atoms with E-state index in [-0.39, 0.29) is 0 Å². The zero-order valence-corrected chi connectivity index (χ0v) is 12.3. The summed E-state index contributed by atoms with van der Waals surface area (Å²) in [4.78, 5) is 10.8. The molecule has 21 heavy (non-hydrogen) atoms. The first kappa shape index (κ1) is 12.6. The highest BCUT2D eigenvalue weighted by Gasteiger charge is 2.19. The second-order valence-electron chi connectivity index (χ2n) is 5.02. The van der Waals surface area contributed by atoms with Crippen LogP contribution in [0.3, 0.4) is 0 Å². The van der Waals surface area contributed by atoms with E-state index in [9.17, 15) is 0 Å². The molecule has 1 aliphatic rings. The molecule has 2 heterocycles. The maximum Gasteiger partial charge on any atom is 0.0878 e. The lowest BCUT2D eigenvalue weighted by atomic mass is 10.1. The number of pyridine rings is 1. The van der Waals surface area contributed by atoms with Crippen molar-refractivity contribution in [3.8, 4) is 0 Å². The summed E-state index contributed by atoms with van der Waals surface area (Å²) in [5, 5.41) is 1.14. The number of benzene rings is 2. The third kappa shape index (κ3) is 2.34. The second kappa shape index (κ2) is 5.34. The summed E-state index contributed by atoms with van der Waals surface area (Å²) in [7, 11) is 0. The molecule has 1 aromatic heterocycles. The first-order valence-electron chi connectivity index (χ1n) is 7.05. The Labute approximate surface area is 127 Å². The normalized spacial score (nSPS) is 13.9. The van der Waals surface area contributed by atoms with Crippen LogP contribution >= 0.6 is 11.8 Å². The molecule has 3 aromatic rings.